The minimum atomic E-state index is -0.249. The van der Waals surface area contributed by atoms with Gasteiger partial charge >= 0.3 is 6.09 Å². The molecular weight excluding hydrogens is 362 g/mol. The first-order chi connectivity index (χ1) is 14.1. The van der Waals surface area contributed by atoms with Gasteiger partial charge in [0.1, 0.15) is 0 Å². The number of ether oxygens (including phenoxy) is 1. The molecule has 1 spiro atoms. The third-order valence-corrected chi connectivity index (χ3v) is 7.32. The van der Waals surface area contributed by atoms with E-state index < -0.39 is 0 Å². The summed E-state index contributed by atoms with van der Waals surface area (Å²) in [5, 5.41) is 6.75. The van der Waals surface area contributed by atoms with Crippen molar-refractivity contribution < 1.29 is 9.53 Å². The number of amides is 1. The number of nitrogens with zero attached hydrogens (tertiary/aromatic N) is 1. The number of aryl methyl sites for hydroxylation is 1. The molecule has 0 aromatic heterocycles. The highest BCUT2D eigenvalue weighted by Gasteiger charge is 2.41. The van der Waals surface area contributed by atoms with Crippen molar-refractivity contribution in [3.63, 3.8) is 0 Å². The van der Waals surface area contributed by atoms with E-state index >= 15 is 0 Å². The molecule has 2 fully saturated rings. The van der Waals surface area contributed by atoms with Crippen molar-refractivity contribution in [1.82, 2.24) is 10.2 Å². The minimum Gasteiger partial charge on any atom is -0.450 e. The van der Waals surface area contributed by atoms with Crippen LogP contribution in [0.2, 0.25) is 0 Å². The third-order valence-electron chi connectivity index (χ3n) is 7.32. The molecule has 1 saturated carbocycles. The highest BCUT2D eigenvalue weighted by atomic mass is 16.5. The third kappa shape index (κ3) is 4.71. The molecule has 2 atom stereocenters. The van der Waals surface area contributed by atoms with Crippen LogP contribution in [0, 0.1) is 12.8 Å². The van der Waals surface area contributed by atoms with Gasteiger partial charge in [-0.3, -0.25) is 0 Å². The number of hydrogen-bond donors (Lipinski definition) is 2. The Hall–Kier alpha value is -1.75. The van der Waals surface area contributed by atoms with Crippen LogP contribution in [-0.4, -0.2) is 49.8 Å². The number of nitrogens with one attached hydrogen (secondary N) is 2. The molecule has 1 aliphatic carbocycles. The lowest BCUT2D eigenvalue weighted by Crippen LogP contribution is -2.46. The monoisotopic (exact) mass is 399 g/mol. The number of carbonyl (C=O) groups is 1. The maximum absolute atomic E-state index is 11.8. The fraction of sp³-hybridized carbons (Fsp3) is 0.708. The average molecular weight is 400 g/mol. The predicted molar refractivity (Wildman–Crippen MR) is 118 cm³/mol. The molecule has 1 aromatic carbocycles. The van der Waals surface area contributed by atoms with Crippen LogP contribution >= 0.6 is 0 Å². The zero-order chi connectivity index (χ0) is 20.3. The zero-order valence-corrected chi connectivity index (χ0v) is 18.1. The quantitative estimate of drug-likeness (QED) is 0.735. The molecule has 2 heterocycles. The first-order valence-corrected chi connectivity index (χ1v) is 11.6. The van der Waals surface area contributed by atoms with E-state index in [1.165, 1.54) is 63.0 Å². The van der Waals surface area contributed by atoms with Crippen molar-refractivity contribution in [2.45, 2.75) is 70.3 Å². The smallest absolute Gasteiger partial charge is 0.407 e. The van der Waals surface area contributed by atoms with Crippen LogP contribution in [0.15, 0.2) is 18.2 Å². The molecule has 1 amide bonds. The van der Waals surface area contributed by atoms with Crippen molar-refractivity contribution in [3.8, 4) is 0 Å². The number of hydrogen-bond acceptors (Lipinski definition) is 4. The average Bonchev–Trinajstić information content (AvgIpc) is 2.88. The van der Waals surface area contributed by atoms with Crippen molar-refractivity contribution in [1.29, 1.82) is 0 Å². The Bertz CT molecular complexity index is 712. The van der Waals surface area contributed by atoms with Crippen LogP contribution in [0.25, 0.3) is 0 Å². The van der Waals surface area contributed by atoms with Gasteiger partial charge in [-0.2, -0.15) is 0 Å². The van der Waals surface area contributed by atoms with Crippen molar-refractivity contribution in [2.75, 3.05) is 38.1 Å². The SMILES string of the molecule is CCOC(=O)NC1CCCCC(CN2CCC3(CC2)CNc2ccc(C)cc23)C1. The van der Waals surface area contributed by atoms with Crippen LogP contribution in [0.5, 0.6) is 0 Å². The highest BCUT2D eigenvalue weighted by molar-refractivity contribution is 5.67. The molecule has 1 saturated heterocycles. The first kappa shape index (κ1) is 20.5. The molecule has 1 aromatic rings. The van der Waals surface area contributed by atoms with Crippen molar-refractivity contribution in [3.05, 3.63) is 29.3 Å². The molecular formula is C24H37N3O2. The molecule has 2 aliphatic heterocycles. The normalized spacial score (nSPS) is 26.4. The second kappa shape index (κ2) is 8.95. The number of rotatable bonds is 4. The maximum Gasteiger partial charge on any atom is 0.407 e. The molecule has 0 radical (unpaired) electrons. The van der Waals surface area contributed by atoms with E-state index in [-0.39, 0.29) is 12.1 Å². The predicted octanol–water partition coefficient (Wildman–Crippen LogP) is 4.45. The molecule has 2 unspecified atom stereocenters. The summed E-state index contributed by atoms with van der Waals surface area (Å²) in [4.78, 5) is 14.5. The van der Waals surface area contributed by atoms with E-state index in [4.69, 9.17) is 4.74 Å². The van der Waals surface area contributed by atoms with Crippen LogP contribution < -0.4 is 10.6 Å². The lowest BCUT2D eigenvalue weighted by atomic mass is 9.74. The summed E-state index contributed by atoms with van der Waals surface area (Å²) in [6.45, 7) is 9.13. The highest BCUT2D eigenvalue weighted by Crippen LogP contribution is 2.44. The maximum atomic E-state index is 11.8. The number of benzene rings is 1. The van der Waals surface area contributed by atoms with Crippen molar-refractivity contribution in [2.24, 2.45) is 5.92 Å². The van der Waals surface area contributed by atoms with Gasteiger partial charge in [0, 0.05) is 30.2 Å². The number of carbonyl (C=O) groups excluding carboxylic acids is 1. The second-order valence-corrected chi connectivity index (χ2v) is 9.43. The Kier molecular flexibility index (Phi) is 6.33. The van der Waals surface area contributed by atoms with Crippen LogP contribution in [0.1, 0.15) is 63.0 Å². The summed E-state index contributed by atoms with van der Waals surface area (Å²) in [7, 11) is 0. The summed E-state index contributed by atoms with van der Waals surface area (Å²) in [5.74, 6) is 0.676. The Morgan fingerprint density at radius 1 is 1.28 bits per heavy atom. The van der Waals surface area contributed by atoms with Gasteiger partial charge in [0.25, 0.3) is 0 Å². The van der Waals surface area contributed by atoms with Gasteiger partial charge in [-0.25, -0.2) is 4.79 Å². The number of alkyl carbamates (subject to hydrolysis) is 1. The van der Waals surface area contributed by atoms with Crippen LogP contribution in [-0.2, 0) is 10.2 Å². The van der Waals surface area contributed by atoms with Gasteiger partial charge in [-0.05, 0) is 76.6 Å². The number of piperidine rings is 1. The topological polar surface area (TPSA) is 53.6 Å². The van der Waals surface area contributed by atoms with Crippen LogP contribution in [0.4, 0.5) is 10.5 Å². The standard InChI is InChI=1S/C24H37N3O2/c1-3-29-23(28)26-20-7-5-4-6-19(15-20)16-27-12-10-24(11-13-27)17-25-22-9-8-18(2)14-21(22)24/h8-9,14,19-20,25H,3-7,10-13,15-17H2,1-2H3,(H,26,28). The van der Waals surface area contributed by atoms with Gasteiger partial charge in [0.05, 0.1) is 6.61 Å². The second-order valence-electron chi connectivity index (χ2n) is 9.43. The Morgan fingerprint density at radius 3 is 2.86 bits per heavy atom. The van der Waals surface area contributed by atoms with E-state index in [0.717, 1.165) is 19.4 Å². The van der Waals surface area contributed by atoms with E-state index in [2.05, 4.69) is 40.7 Å². The summed E-state index contributed by atoms with van der Waals surface area (Å²) in [5.41, 5.74) is 4.59. The van der Waals surface area contributed by atoms with Crippen molar-refractivity contribution >= 4 is 11.8 Å². The number of fused-ring (bicyclic) bond motifs is 2. The Balaban J connectivity index is 1.32. The van der Waals surface area contributed by atoms with Gasteiger partial charge in [-0.1, -0.05) is 30.5 Å². The first-order valence-electron chi connectivity index (χ1n) is 11.6. The lowest BCUT2D eigenvalue weighted by Gasteiger charge is -2.41. The largest absolute Gasteiger partial charge is 0.450 e. The molecule has 2 N–H and O–H groups in total. The molecule has 4 rings (SSSR count). The van der Waals surface area contributed by atoms with E-state index in [1.807, 2.05) is 6.92 Å². The van der Waals surface area contributed by atoms with E-state index in [0.29, 0.717) is 17.9 Å². The van der Waals surface area contributed by atoms with Gasteiger partial charge < -0.3 is 20.3 Å². The lowest BCUT2D eigenvalue weighted by molar-refractivity contribution is 0.133. The Labute approximate surface area is 175 Å². The fourth-order valence-corrected chi connectivity index (χ4v) is 5.68. The molecule has 5 heteroatoms. The fourth-order valence-electron chi connectivity index (χ4n) is 5.68. The molecule has 160 valence electrons. The van der Waals surface area contributed by atoms with E-state index in [9.17, 15) is 4.79 Å². The van der Waals surface area contributed by atoms with Crippen LogP contribution in [0.3, 0.4) is 0 Å². The van der Waals surface area contributed by atoms with Gasteiger partial charge in [-0.15, -0.1) is 0 Å². The molecule has 0 bridgehead atoms. The van der Waals surface area contributed by atoms with Gasteiger partial charge in [0.2, 0.25) is 0 Å². The summed E-state index contributed by atoms with van der Waals surface area (Å²) in [6.07, 6.45) is 8.18. The van der Waals surface area contributed by atoms with E-state index in [1.54, 1.807) is 5.56 Å². The Morgan fingerprint density at radius 2 is 2.07 bits per heavy atom. The number of likely N-dealkylation sites (tertiary alicyclic amines) is 1. The number of anilines is 1. The minimum absolute atomic E-state index is 0.249. The molecule has 5 nitrogen and oxygen atoms in total. The molecule has 3 aliphatic rings. The van der Waals surface area contributed by atoms with Gasteiger partial charge in [0.15, 0.2) is 0 Å². The molecule has 29 heavy (non-hydrogen) atoms. The zero-order valence-electron chi connectivity index (χ0n) is 18.1. The summed E-state index contributed by atoms with van der Waals surface area (Å²) < 4.78 is 5.09. The summed E-state index contributed by atoms with van der Waals surface area (Å²) in [6, 6.07) is 7.15. The summed E-state index contributed by atoms with van der Waals surface area (Å²) >= 11 is 0.